The van der Waals surface area contributed by atoms with Gasteiger partial charge in [0.15, 0.2) is 11.5 Å². The van der Waals surface area contributed by atoms with Gasteiger partial charge < -0.3 is 15.2 Å². The van der Waals surface area contributed by atoms with Crippen LogP contribution in [0.4, 0.5) is 5.69 Å². The molecule has 1 heterocycles. The minimum absolute atomic E-state index is 0.145. The monoisotopic (exact) mass is 269 g/mol. The maximum atomic E-state index is 9.58. The van der Waals surface area contributed by atoms with E-state index in [1.165, 1.54) is 7.11 Å². The van der Waals surface area contributed by atoms with E-state index in [2.05, 4.69) is 15.5 Å². The van der Waals surface area contributed by atoms with Crippen molar-refractivity contribution >= 4 is 16.6 Å². The van der Waals surface area contributed by atoms with E-state index in [0.717, 1.165) is 22.2 Å². The van der Waals surface area contributed by atoms with Crippen LogP contribution in [0.3, 0.4) is 0 Å². The average molecular weight is 269 g/mol. The van der Waals surface area contributed by atoms with Gasteiger partial charge in [0.2, 0.25) is 0 Å². The van der Waals surface area contributed by atoms with Crippen molar-refractivity contribution in [3.63, 3.8) is 0 Å². The lowest BCUT2D eigenvalue weighted by Gasteiger charge is -2.09. The highest BCUT2D eigenvalue weighted by molar-refractivity contribution is 5.89. The van der Waals surface area contributed by atoms with Gasteiger partial charge in [-0.2, -0.15) is 5.10 Å². The molecule has 3 rings (SSSR count). The predicted octanol–water partition coefficient (Wildman–Crippen LogP) is 2.89. The fraction of sp³-hybridized carbons (Fsp3) is 0.133. The number of benzene rings is 2. The number of ether oxygens (including phenoxy) is 1. The molecule has 0 amide bonds. The second-order valence-electron chi connectivity index (χ2n) is 4.50. The molecule has 0 spiro atoms. The Hall–Kier alpha value is -2.69. The van der Waals surface area contributed by atoms with Crippen molar-refractivity contribution in [3.8, 4) is 11.5 Å². The smallest absolute Gasteiger partial charge is 0.160 e. The first kappa shape index (κ1) is 12.3. The van der Waals surface area contributed by atoms with Crippen LogP contribution >= 0.6 is 0 Å². The molecule has 102 valence electrons. The Morgan fingerprint density at radius 1 is 1.30 bits per heavy atom. The largest absolute Gasteiger partial charge is 0.504 e. The number of methoxy groups -OCH3 is 1. The van der Waals surface area contributed by atoms with E-state index < -0.39 is 0 Å². The molecule has 0 unspecified atom stereocenters. The van der Waals surface area contributed by atoms with Crippen molar-refractivity contribution in [1.29, 1.82) is 0 Å². The third-order valence-corrected chi connectivity index (χ3v) is 3.20. The Morgan fingerprint density at radius 3 is 3.05 bits per heavy atom. The molecule has 0 saturated carbocycles. The van der Waals surface area contributed by atoms with Crippen molar-refractivity contribution in [2.24, 2.45) is 0 Å². The number of H-pyrrole nitrogens is 1. The van der Waals surface area contributed by atoms with Gasteiger partial charge in [-0.25, -0.2) is 0 Å². The zero-order valence-electron chi connectivity index (χ0n) is 11.1. The number of hydrogen-bond donors (Lipinski definition) is 3. The summed E-state index contributed by atoms with van der Waals surface area (Å²) >= 11 is 0. The first-order chi connectivity index (χ1) is 9.78. The zero-order chi connectivity index (χ0) is 13.9. The maximum absolute atomic E-state index is 9.58. The fourth-order valence-electron chi connectivity index (χ4n) is 2.15. The molecule has 1 aromatic heterocycles. The summed E-state index contributed by atoms with van der Waals surface area (Å²) in [6.07, 6.45) is 1.80. The minimum Gasteiger partial charge on any atom is -0.504 e. The van der Waals surface area contributed by atoms with Gasteiger partial charge in [0.1, 0.15) is 0 Å². The highest BCUT2D eigenvalue weighted by atomic mass is 16.5. The summed E-state index contributed by atoms with van der Waals surface area (Å²) in [6.45, 7) is 0.634. The van der Waals surface area contributed by atoms with Gasteiger partial charge >= 0.3 is 0 Å². The van der Waals surface area contributed by atoms with Crippen LogP contribution in [-0.4, -0.2) is 22.4 Å². The van der Waals surface area contributed by atoms with E-state index in [0.29, 0.717) is 12.3 Å². The van der Waals surface area contributed by atoms with Crippen LogP contribution in [0.1, 0.15) is 5.56 Å². The number of nitrogens with zero attached hydrogens (tertiary/aromatic N) is 1. The Morgan fingerprint density at radius 2 is 2.20 bits per heavy atom. The highest BCUT2D eigenvalue weighted by Crippen LogP contribution is 2.27. The Kier molecular flexibility index (Phi) is 3.16. The fourth-order valence-corrected chi connectivity index (χ4v) is 2.15. The van der Waals surface area contributed by atoms with E-state index >= 15 is 0 Å². The molecular weight excluding hydrogens is 254 g/mol. The van der Waals surface area contributed by atoms with Gasteiger partial charge in [0, 0.05) is 11.9 Å². The third kappa shape index (κ3) is 2.25. The quantitative estimate of drug-likeness (QED) is 0.681. The molecular formula is C15H15N3O2. The van der Waals surface area contributed by atoms with Crippen LogP contribution in [-0.2, 0) is 6.54 Å². The van der Waals surface area contributed by atoms with E-state index in [9.17, 15) is 5.11 Å². The molecule has 0 fully saturated rings. The third-order valence-electron chi connectivity index (χ3n) is 3.20. The van der Waals surface area contributed by atoms with Crippen LogP contribution in [0.2, 0.25) is 0 Å². The first-order valence-corrected chi connectivity index (χ1v) is 6.30. The number of anilines is 1. The number of para-hydroxylation sites is 1. The molecule has 0 atom stereocenters. The number of aromatic hydroxyl groups is 1. The lowest BCUT2D eigenvalue weighted by Crippen LogP contribution is -2.00. The van der Waals surface area contributed by atoms with E-state index in [-0.39, 0.29) is 5.75 Å². The van der Waals surface area contributed by atoms with Crippen LogP contribution in [0.15, 0.2) is 42.6 Å². The second-order valence-corrected chi connectivity index (χ2v) is 4.50. The van der Waals surface area contributed by atoms with Crippen molar-refractivity contribution < 1.29 is 9.84 Å². The molecule has 0 saturated heterocycles. The molecule has 0 aliphatic carbocycles. The van der Waals surface area contributed by atoms with Gasteiger partial charge in [-0.3, -0.25) is 5.10 Å². The number of phenols is 1. The topological polar surface area (TPSA) is 70.2 Å². The molecule has 0 bridgehead atoms. The average Bonchev–Trinajstić information content (AvgIpc) is 2.95. The number of phenolic OH excluding ortho intramolecular Hbond substituents is 1. The van der Waals surface area contributed by atoms with Crippen molar-refractivity contribution in [2.45, 2.75) is 6.54 Å². The number of hydrogen-bond acceptors (Lipinski definition) is 4. The van der Waals surface area contributed by atoms with Crippen LogP contribution in [0.5, 0.6) is 11.5 Å². The van der Waals surface area contributed by atoms with E-state index in [1.807, 2.05) is 30.3 Å². The molecule has 3 N–H and O–H groups in total. The lowest BCUT2D eigenvalue weighted by molar-refractivity contribution is 0.373. The van der Waals surface area contributed by atoms with Gasteiger partial charge in [-0.1, -0.05) is 18.2 Å². The van der Waals surface area contributed by atoms with Crippen LogP contribution < -0.4 is 10.1 Å². The minimum atomic E-state index is 0.145. The summed E-state index contributed by atoms with van der Waals surface area (Å²) in [5.41, 5.74) is 3.00. The van der Waals surface area contributed by atoms with Crippen molar-refractivity contribution in [3.05, 3.63) is 48.2 Å². The molecule has 0 aliphatic rings. The summed E-state index contributed by atoms with van der Waals surface area (Å²) in [4.78, 5) is 0. The van der Waals surface area contributed by atoms with Gasteiger partial charge in [-0.05, 0) is 23.8 Å². The molecule has 5 nitrogen and oxygen atoms in total. The summed E-state index contributed by atoms with van der Waals surface area (Å²) in [6, 6.07) is 11.3. The van der Waals surface area contributed by atoms with E-state index in [1.54, 1.807) is 12.3 Å². The highest BCUT2D eigenvalue weighted by Gasteiger charge is 2.05. The molecule has 0 aliphatic heterocycles. The number of nitrogens with one attached hydrogen (secondary N) is 2. The molecule has 3 aromatic rings. The normalized spacial score (nSPS) is 10.7. The first-order valence-electron chi connectivity index (χ1n) is 6.30. The standard InChI is InChI=1S/C15H15N3O2/c1-20-14-7-10(5-6-13(14)19)8-16-12-4-2-3-11-9-17-18-15(11)12/h2-7,9,16,19H,8H2,1H3,(H,17,18). The summed E-state index contributed by atoms with van der Waals surface area (Å²) in [5.74, 6) is 0.621. The Bertz CT molecular complexity index is 737. The summed E-state index contributed by atoms with van der Waals surface area (Å²) in [7, 11) is 1.54. The van der Waals surface area contributed by atoms with Gasteiger partial charge in [0.05, 0.1) is 24.5 Å². The van der Waals surface area contributed by atoms with Crippen molar-refractivity contribution in [2.75, 3.05) is 12.4 Å². The Labute approximate surface area is 116 Å². The van der Waals surface area contributed by atoms with Gasteiger partial charge in [0.25, 0.3) is 0 Å². The predicted molar refractivity (Wildman–Crippen MR) is 78.1 cm³/mol. The van der Waals surface area contributed by atoms with Crippen LogP contribution in [0.25, 0.3) is 10.9 Å². The summed E-state index contributed by atoms with van der Waals surface area (Å²) in [5, 5.41) is 21.0. The van der Waals surface area contributed by atoms with Crippen LogP contribution in [0, 0.1) is 0 Å². The number of aromatic amines is 1. The zero-order valence-corrected chi connectivity index (χ0v) is 11.1. The molecule has 20 heavy (non-hydrogen) atoms. The molecule has 2 aromatic carbocycles. The molecule has 5 heteroatoms. The van der Waals surface area contributed by atoms with E-state index in [4.69, 9.17) is 4.74 Å². The number of fused-ring (bicyclic) bond motifs is 1. The van der Waals surface area contributed by atoms with Gasteiger partial charge in [-0.15, -0.1) is 0 Å². The number of aromatic nitrogens is 2. The summed E-state index contributed by atoms with van der Waals surface area (Å²) < 4.78 is 5.10. The maximum Gasteiger partial charge on any atom is 0.160 e. The molecule has 0 radical (unpaired) electrons. The number of rotatable bonds is 4. The SMILES string of the molecule is COc1cc(CNc2cccc3cn[nH]c23)ccc1O. The Balaban J connectivity index is 1.81. The van der Waals surface area contributed by atoms with Crippen molar-refractivity contribution in [1.82, 2.24) is 10.2 Å². The lowest BCUT2D eigenvalue weighted by atomic mass is 10.2. The second kappa shape index (κ2) is 5.13.